The first kappa shape index (κ1) is 18.0. The van der Waals surface area contributed by atoms with Gasteiger partial charge >= 0.3 is 0 Å². The second-order valence-electron chi connectivity index (χ2n) is 6.78. The van der Waals surface area contributed by atoms with Crippen molar-refractivity contribution < 1.29 is 4.79 Å². The van der Waals surface area contributed by atoms with E-state index in [1.807, 2.05) is 18.2 Å². The Kier molecular flexibility index (Phi) is 7.60. The van der Waals surface area contributed by atoms with Crippen LogP contribution >= 0.6 is 0 Å². The predicted molar refractivity (Wildman–Crippen MR) is 96.6 cm³/mol. The van der Waals surface area contributed by atoms with Gasteiger partial charge < -0.3 is 10.2 Å². The molecule has 0 bridgehead atoms. The summed E-state index contributed by atoms with van der Waals surface area (Å²) in [4.78, 5) is 15.1. The van der Waals surface area contributed by atoms with Crippen molar-refractivity contribution in [3.8, 4) is 0 Å². The van der Waals surface area contributed by atoms with Gasteiger partial charge in [0, 0.05) is 19.1 Å². The zero-order chi connectivity index (χ0) is 16.5. The maximum absolute atomic E-state index is 12.5. The van der Waals surface area contributed by atoms with E-state index in [1.54, 1.807) is 0 Å². The fourth-order valence-corrected chi connectivity index (χ4v) is 3.53. The van der Waals surface area contributed by atoms with Crippen LogP contribution in [0.2, 0.25) is 0 Å². The normalized spacial score (nSPS) is 20.2. The molecule has 1 fully saturated rings. The van der Waals surface area contributed by atoms with Gasteiger partial charge in [-0.3, -0.25) is 4.79 Å². The molecule has 1 heterocycles. The van der Waals surface area contributed by atoms with Crippen molar-refractivity contribution in [3.63, 3.8) is 0 Å². The van der Waals surface area contributed by atoms with Gasteiger partial charge in [0.25, 0.3) is 0 Å². The van der Waals surface area contributed by atoms with E-state index in [-0.39, 0.29) is 11.8 Å². The van der Waals surface area contributed by atoms with Crippen LogP contribution in [0.1, 0.15) is 63.9 Å². The van der Waals surface area contributed by atoms with Gasteiger partial charge in [-0.25, -0.2) is 0 Å². The molecule has 0 radical (unpaired) electrons. The Bertz CT molecular complexity index is 460. The monoisotopic (exact) mass is 316 g/mol. The van der Waals surface area contributed by atoms with Crippen LogP contribution in [-0.2, 0) is 4.79 Å². The minimum Gasteiger partial charge on any atom is -0.356 e. The molecule has 128 valence electrons. The average molecular weight is 316 g/mol. The van der Waals surface area contributed by atoms with Crippen molar-refractivity contribution >= 4 is 5.91 Å². The Morgan fingerprint density at radius 2 is 2.09 bits per heavy atom. The number of carbonyl (C=O) groups excluding carboxylic acids is 1. The molecule has 1 aliphatic rings. The summed E-state index contributed by atoms with van der Waals surface area (Å²) in [6, 6.07) is 10.9. The summed E-state index contributed by atoms with van der Waals surface area (Å²) in [5.41, 5.74) is 1.14. The van der Waals surface area contributed by atoms with E-state index in [0.29, 0.717) is 6.04 Å². The van der Waals surface area contributed by atoms with Crippen LogP contribution in [0.5, 0.6) is 0 Å². The summed E-state index contributed by atoms with van der Waals surface area (Å²) >= 11 is 0. The number of hydrogen-bond acceptors (Lipinski definition) is 2. The number of benzene rings is 1. The van der Waals surface area contributed by atoms with Crippen LogP contribution in [0.4, 0.5) is 0 Å². The number of carbonyl (C=O) groups is 1. The molecule has 2 unspecified atom stereocenters. The number of nitrogens with one attached hydrogen (secondary N) is 1. The summed E-state index contributed by atoms with van der Waals surface area (Å²) in [6.07, 6.45) is 6.99. The van der Waals surface area contributed by atoms with Crippen LogP contribution in [0.15, 0.2) is 30.3 Å². The predicted octanol–water partition coefficient (Wildman–Crippen LogP) is 3.95. The van der Waals surface area contributed by atoms with Gasteiger partial charge in [-0.1, -0.05) is 50.1 Å². The summed E-state index contributed by atoms with van der Waals surface area (Å²) in [6.45, 7) is 7.57. The van der Waals surface area contributed by atoms with Gasteiger partial charge in [0.1, 0.15) is 0 Å². The van der Waals surface area contributed by atoms with Gasteiger partial charge in [0.15, 0.2) is 0 Å². The molecule has 0 aromatic heterocycles. The van der Waals surface area contributed by atoms with Crippen molar-refractivity contribution in [2.45, 2.75) is 64.3 Å². The quantitative estimate of drug-likeness (QED) is 0.737. The fraction of sp³-hybridized carbons (Fsp3) is 0.650. The van der Waals surface area contributed by atoms with Crippen molar-refractivity contribution in [1.29, 1.82) is 0 Å². The number of piperidine rings is 1. The Morgan fingerprint density at radius 3 is 2.78 bits per heavy atom. The van der Waals surface area contributed by atoms with E-state index in [9.17, 15) is 4.79 Å². The number of rotatable bonds is 8. The average Bonchev–Trinajstić information content (AvgIpc) is 2.58. The van der Waals surface area contributed by atoms with E-state index < -0.39 is 0 Å². The van der Waals surface area contributed by atoms with Crippen molar-refractivity contribution in [1.82, 2.24) is 10.2 Å². The number of nitrogens with zero attached hydrogens (tertiary/aromatic N) is 1. The molecule has 23 heavy (non-hydrogen) atoms. The lowest BCUT2D eigenvalue weighted by molar-refractivity contribution is -0.122. The van der Waals surface area contributed by atoms with Gasteiger partial charge in [-0.15, -0.1) is 0 Å². The highest BCUT2D eigenvalue weighted by atomic mass is 16.1. The largest absolute Gasteiger partial charge is 0.356 e. The van der Waals surface area contributed by atoms with Crippen LogP contribution < -0.4 is 5.32 Å². The van der Waals surface area contributed by atoms with Crippen molar-refractivity contribution in [2.75, 3.05) is 19.6 Å². The van der Waals surface area contributed by atoms with Gasteiger partial charge in [0.2, 0.25) is 5.91 Å². The molecule has 2 rings (SSSR count). The van der Waals surface area contributed by atoms with E-state index in [4.69, 9.17) is 0 Å². The van der Waals surface area contributed by atoms with Crippen molar-refractivity contribution in [3.05, 3.63) is 35.9 Å². The molecule has 1 N–H and O–H groups in total. The molecule has 3 heteroatoms. The lowest BCUT2D eigenvalue weighted by Crippen LogP contribution is -2.39. The Balaban J connectivity index is 1.76. The van der Waals surface area contributed by atoms with E-state index in [2.05, 4.69) is 36.2 Å². The third-order valence-electron chi connectivity index (χ3n) is 4.96. The topological polar surface area (TPSA) is 32.3 Å². The van der Waals surface area contributed by atoms with Gasteiger partial charge in [-0.05, 0) is 44.7 Å². The highest BCUT2D eigenvalue weighted by Crippen LogP contribution is 2.21. The minimum absolute atomic E-state index is 0.00453. The van der Waals surface area contributed by atoms with Gasteiger partial charge in [0.05, 0.1) is 5.92 Å². The zero-order valence-electron chi connectivity index (χ0n) is 14.8. The summed E-state index contributed by atoms with van der Waals surface area (Å²) < 4.78 is 0. The maximum atomic E-state index is 12.5. The standard InChI is InChI=1S/C20H32N2O/c1-3-10-19(18-12-5-4-6-13-18)20(23)21-14-9-16-22-15-8-7-11-17(22)2/h4-6,12-13,17,19H,3,7-11,14-16H2,1-2H3,(H,21,23). The molecule has 1 amide bonds. The smallest absolute Gasteiger partial charge is 0.227 e. The molecule has 0 spiro atoms. The first-order valence-electron chi connectivity index (χ1n) is 9.29. The third-order valence-corrected chi connectivity index (χ3v) is 4.96. The Labute approximate surface area is 141 Å². The lowest BCUT2D eigenvalue weighted by atomic mass is 9.93. The molecule has 1 aliphatic heterocycles. The lowest BCUT2D eigenvalue weighted by Gasteiger charge is -2.33. The summed E-state index contributed by atoms with van der Waals surface area (Å²) in [5.74, 6) is 0.180. The number of amides is 1. The van der Waals surface area contributed by atoms with Crippen LogP contribution in [0.25, 0.3) is 0 Å². The second-order valence-corrected chi connectivity index (χ2v) is 6.78. The SMILES string of the molecule is CCCC(C(=O)NCCCN1CCCCC1C)c1ccccc1. The number of hydrogen-bond donors (Lipinski definition) is 1. The van der Waals surface area contributed by atoms with Crippen LogP contribution in [-0.4, -0.2) is 36.5 Å². The Morgan fingerprint density at radius 1 is 1.30 bits per heavy atom. The molecular weight excluding hydrogens is 284 g/mol. The molecule has 1 aromatic rings. The number of likely N-dealkylation sites (tertiary alicyclic amines) is 1. The first-order valence-corrected chi connectivity index (χ1v) is 9.29. The van der Waals surface area contributed by atoms with Crippen LogP contribution in [0, 0.1) is 0 Å². The second kappa shape index (κ2) is 9.71. The highest BCUT2D eigenvalue weighted by molar-refractivity contribution is 5.83. The van der Waals surface area contributed by atoms with Crippen molar-refractivity contribution in [2.24, 2.45) is 0 Å². The zero-order valence-corrected chi connectivity index (χ0v) is 14.8. The molecular formula is C20H32N2O. The highest BCUT2D eigenvalue weighted by Gasteiger charge is 2.20. The molecule has 3 nitrogen and oxygen atoms in total. The first-order chi connectivity index (χ1) is 11.2. The summed E-state index contributed by atoms with van der Waals surface area (Å²) in [7, 11) is 0. The molecule has 1 aromatic carbocycles. The third kappa shape index (κ3) is 5.65. The molecule has 0 aliphatic carbocycles. The molecule has 0 saturated carbocycles. The van der Waals surface area contributed by atoms with Gasteiger partial charge in [-0.2, -0.15) is 0 Å². The van der Waals surface area contributed by atoms with E-state index in [0.717, 1.165) is 37.9 Å². The van der Waals surface area contributed by atoms with Crippen LogP contribution in [0.3, 0.4) is 0 Å². The van der Waals surface area contributed by atoms with E-state index >= 15 is 0 Å². The Hall–Kier alpha value is -1.35. The van der Waals surface area contributed by atoms with E-state index in [1.165, 1.54) is 25.8 Å². The maximum Gasteiger partial charge on any atom is 0.227 e. The summed E-state index contributed by atoms with van der Waals surface area (Å²) in [5, 5.41) is 3.15. The minimum atomic E-state index is -0.00453. The fourth-order valence-electron chi connectivity index (χ4n) is 3.53. The molecule has 1 saturated heterocycles. The molecule has 2 atom stereocenters.